The van der Waals surface area contributed by atoms with Gasteiger partial charge < -0.3 is 10.4 Å². The molecular weight excluding hydrogens is 246 g/mol. The van der Waals surface area contributed by atoms with Crippen molar-refractivity contribution >= 4 is 17.3 Å². The summed E-state index contributed by atoms with van der Waals surface area (Å²) in [6, 6.07) is 1.91. The van der Waals surface area contributed by atoms with E-state index in [4.69, 9.17) is 5.11 Å². The smallest absolute Gasteiger partial charge is 0.346 e. The molecule has 0 unspecified atom stereocenters. The highest BCUT2D eigenvalue weighted by Crippen LogP contribution is 2.35. The van der Waals surface area contributed by atoms with Crippen molar-refractivity contribution in [3.05, 3.63) is 21.9 Å². The summed E-state index contributed by atoms with van der Waals surface area (Å²) in [7, 11) is 0. The van der Waals surface area contributed by atoms with Gasteiger partial charge in [-0.1, -0.05) is 26.2 Å². The molecule has 0 spiro atoms. The molecule has 0 aromatic carbocycles. The van der Waals surface area contributed by atoms with E-state index >= 15 is 0 Å². The van der Waals surface area contributed by atoms with E-state index < -0.39 is 5.97 Å². The van der Waals surface area contributed by atoms with Crippen LogP contribution in [0, 0.1) is 5.41 Å². The van der Waals surface area contributed by atoms with Crippen LogP contribution in [-0.2, 0) is 6.54 Å². The lowest BCUT2D eigenvalue weighted by atomic mass is 9.76. The molecule has 0 aliphatic heterocycles. The molecule has 0 atom stereocenters. The van der Waals surface area contributed by atoms with Crippen molar-refractivity contribution in [2.45, 2.75) is 45.6 Å². The first-order valence-electron chi connectivity index (χ1n) is 6.61. The molecule has 100 valence electrons. The molecule has 1 saturated carbocycles. The zero-order valence-corrected chi connectivity index (χ0v) is 11.7. The quantitative estimate of drug-likeness (QED) is 0.858. The summed E-state index contributed by atoms with van der Waals surface area (Å²) in [4.78, 5) is 11.5. The minimum Gasteiger partial charge on any atom is -0.477 e. The van der Waals surface area contributed by atoms with Crippen molar-refractivity contribution in [2.75, 3.05) is 6.54 Å². The predicted octanol–water partition coefficient (Wildman–Crippen LogP) is 3.51. The van der Waals surface area contributed by atoms with Crippen LogP contribution in [-0.4, -0.2) is 17.6 Å². The molecule has 1 aromatic rings. The zero-order valence-electron chi connectivity index (χ0n) is 10.9. The van der Waals surface area contributed by atoms with Gasteiger partial charge in [-0.15, -0.1) is 11.3 Å². The number of nitrogens with one attached hydrogen (secondary N) is 1. The highest BCUT2D eigenvalue weighted by Gasteiger charge is 2.26. The van der Waals surface area contributed by atoms with E-state index in [1.165, 1.54) is 43.4 Å². The van der Waals surface area contributed by atoms with Crippen LogP contribution in [0.15, 0.2) is 11.4 Å². The van der Waals surface area contributed by atoms with Gasteiger partial charge in [0.2, 0.25) is 0 Å². The molecular formula is C14H21NO2S. The Hall–Kier alpha value is -0.870. The van der Waals surface area contributed by atoms with Crippen molar-refractivity contribution in [3.8, 4) is 0 Å². The van der Waals surface area contributed by atoms with Gasteiger partial charge in [-0.2, -0.15) is 0 Å². The maximum Gasteiger partial charge on any atom is 0.346 e. The van der Waals surface area contributed by atoms with Crippen molar-refractivity contribution in [2.24, 2.45) is 5.41 Å². The monoisotopic (exact) mass is 267 g/mol. The number of hydrogen-bond donors (Lipinski definition) is 2. The largest absolute Gasteiger partial charge is 0.477 e. The second-order valence-electron chi connectivity index (χ2n) is 5.55. The molecule has 2 rings (SSSR count). The molecule has 1 heterocycles. The van der Waals surface area contributed by atoms with Crippen molar-refractivity contribution in [3.63, 3.8) is 0 Å². The average Bonchev–Trinajstić information content (AvgIpc) is 2.78. The van der Waals surface area contributed by atoms with Gasteiger partial charge in [-0.3, -0.25) is 0 Å². The fourth-order valence-corrected chi connectivity index (χ4v) is 3.50. The van der Waals surface area contributed by atoms with E-state index in [2.05, 4.69) is 12.2 Å². The SMILES string of the molecule is CC1(CNCc2ccsc2C(=O)O)CCCCC1. The lowest BCUT2D eigenvalue weighted by Crippen LogP contribution is -2.33. The maximum atomic E-state index is 11.0. The highest BCUT2D eigenvalue weighted by atomic mass is 32.1. The fourth-order valence-electron chi connectivity index (χ4n) is 2.74. The fraction of sp³-hybridized carbons (Fsp3) is 0.643. The maximum absolute atomic E-state index is 11.0. The highest BCUT2D eigenvalue weighted by molar-refractivity contribution is 7.12. The number of carboxylic acids is 1. The van der Waals surface area contributed by atoms with Crippen LogP contribution in [0.1, 0.15) is 54.3 Å². The summed E-state index contributed by atoms with van der Waals surface area (Å²) in [5.74, 6) is -0.814. The third-order valence-electron chi connectivity index (χ3n) is 3.87. The first kappa shape index (κ1) is 13.6. The molecule has 2 N–H and O–H groups in total. The first-order valence-corrected chi connectivity index (χ1v) is 7.49. The number of carboxylic acid groups (broad SMARTS) is 1. The van der Waals surface area contributed by atoms with Crippen LogP contribution < -0.4 is 5.32 Å². The van der Waals surface area contributed by atoms with E-state index in [0.29, 0.717) is 16.8 Å². The first-order chi connectivity index (χ1) is 8.61. The van der Waals surface area contributed by atoms with Crippen LogP contribution in [0.25, 0.3) is 0 Å². The summed E-state index contributed by atoms with van der Waals surface area (Å²) in [6.07, 6.45) is 6.60. The third kappa shape index (κ3) is 3.33. The number of hydrogen-bond acceptors (Lipinski definition) is 3. The predicted molar refractivity (Wildman–Crippen MR) is 74.2 cm³/mol. The van der Waals surface area contributed by atoms with Crippen molar-refractivity contribution in [1.82, 2.24) is 5.32 Å². The Labute approximate surface area is 112 Å². The molecule has 4 heteroatoms. The summed E-state index contributed by atoms with van der Waals surface area (Å²) in [5.41, 5.74) is 1.31. The number of aromatic carboxylic acids is 1. The second kappa shape index (κ2) is 5.85. The van der Waals surface area contributed by atoms with E-state index in [0.717, 1.165) is 12.1 Å². The summed E-state index contributed by atoms with van der Waals surface area (Å²) in [6.45, 7) is 3.99. The normalized spacial score (nSPS) is 18.7. The Balaban J connectivity index is 1.84. The van der Waals surface area contributed by atoms with E-state index in [-0.39, 0.29) is 0 Å². The van der Waals surface area contributed by atoms with Crippen molar-refractivity contribution in [1.29, 1.82) is 0 Å². The van der Waals surface area contributed by atoms with Crippen LogP contribution in [0.4, 0.5) is 0 Å². The minimum absolute atomic E-state index is 0.400. The van der Waals surface area contributed by atoms with Gasteiger partial charge in [-0.05, 0) is 35.3 Å². The van der Waals surface area contributed by atoms with Gasteiger partial charge in [0, 0.05) is 13.1 Å². The molecule has 1 aliphatic rings. The van der Waals surface area contributed by atoms with E-state index in [9.17, 15) is 4.79 Å². The molecule has 18 heavy (non-hydrogen) atoms. The average molecular weight is 267 g/mol. The van der Waals surface area contributed by atoms with Gasteiger partial charge in [-0.25, -0.2) is 4.79 Å². The Kier molecular flexibility index (Phi) is 4.40. The lowest BCUT2D eigenvalue weighted by Gasteiger charge is -2.33. The topological polar surface area (TPSA) is 49.3 Å². The lowest BCUT2D eigenvalue weighted by molar-refractivity contribution is 0.0701. The van der Waals surface area contributed by atoms with E-state index in [1.807, 2.05) is 11.4 Å². The Morgan fingerprint density at radius 1 is 1.44 bits per heavy atom. The van der Waals surface area contributed by atoms with Gasteiger partial charge >= 0.3 is 5.97 Å². The molecule has 1 aliphatic carbocycles. The van der Waals surface area contributed by atoms with Gasteiger partial charge in [0.1, 0.15) is 4.88 Å². The zero-order chi connectivity index (χ0) is 13.0. The third-order valence-corrected chi connectivity index (χ3v) is 4.81. The molecule has 0 bridgehead atoms. The summed E-state index contributed by atoms with van der Waals surface area (Å²) < 4.78 is 0. The van der Waals surface area contributed by atoms with Crippen molar-refractivity contribution < 1.29 is 9.90 Å². The number of carbonyl (C=O) groups is 1. The Morgan fingerprint density at radius 2 is 2.17 bits per heavy atom. The van der Waals surface area contributed by atoms with Crippen LogP contribution in [0.3, 0.4) is 0 Å². The Morgan fingerprint density at radius 3 is 2.83 bits per heavy atom. The standard InChI is InChI=1S/C14H21NO2S/c1-14(6-3-2-4-7-14)10-15-9-11-5-8-18-12(11)13(16)17/h5,8,15H,2-4,6-7,9-10H2,1H3,(H,16,17). The van der Waals surface area contributed by atoms with Crippen LogP contribution in [0.2, 0.25) is 0 Å². The molecule has 1 aromatic heterocycles. The number of thiophene rings is 1. The molecule has 3 nitrogen and oxygen atoms in total. The molecule has 0 radical (unpaired) electrons. The van der Waals surface area contributed by atoms with Gasteiger partial charge in [0.25, 0.3) is 0 Å². The molecule has 1 fully saturated rings. The van der Waals surface area contributed by atoms with Gasteiger partial charge in [0.05, 0.1) is 0 Å². The minimum atomic E-state index is -0.814. The van der Waals surface area contributed by atoms with Gasteiger partial charge in [0.15, 0.2) is 0 Å². The second-order valence-corrected chi connectivity index (χ2v) is 6.47. The van der Waals surface area contributed by atoms with Crippen LogP contribution in [0.5, 0.6) is 0 Å². The molecule has 0 saturated heterocycles. The number of rotatable bonds is 5. The van der Waals surface area contributed by atoms with E-state index in [1.54, 1.807) is 0 Å². The summed E-state index contributed by atoms with van der Waals surface area (Å²) >= 11 is 1.30. The summed E-state index contributed by atoms with van der Waals surface area (Å²) in [5, 5.41) is 14.3. The van der Waals surface area contributed by atoms with Crippen LogP contribution >= 0.6 is 11.3 Å². The molecule has 0 amide bonds. The Bertz CT molecular complexity index is 408.